The van der Waals surface area contributed by atoms with Gasteiger partial charge in [-0.3, -0.25) is 4.79 Å². The van der Waals surface area contributed by atoms with Crippen molar-refractivity contribution in [3.05, 3.63) is 53.1 Å². The number of piperidine rings is 1. The van der Waals surface area contributed by atoms with Gasteiger partial charge >= 0.3 is 0 Å². The normalized spacial score (nSPS) is 15.6. The van der Waals surface area contributed by atoms with E-state index in [0.29, 0.717) is 16.5 Å². The van der Waals surface area contributed by atoms with Gasteiger partial charge in [-0.2, -0.15) is 0 Å². The second-order valence-electron chi connectivity index (χ2n) is 7.21. The highest BCUT2D eigenvalue weighted by atomic mass is 35.5. The van der Waals surface area contributed by atoms with Crippen molar-refractivity contribution in [2.45, 2.75) is 31.7 Å². The van der Waals surface area contributed by atoms with Crippen LogP contribution in [0.4, 0.5) is 0 Å². The predicted octanol–water partition coefficient (Wildman–Crippen LogP) is 3.51. The quantitative estimate of drug-likeness (QED) is 0.777. The highest BCUT2D eigenvalue weighted by Crippen LogP contribution is 2.28. The zero-order valence-electron chi connectivity index (χ0n) is 15.6. The van der Waals surface area contributed by atoms with Crippen molar-refractivity contribution in [2.24, 2.45) is 0 Å². The fourth-order valence-electron chi connectivity index (χ4n) is 3.57. The smallest absolute Gasteiger partial charge is 0.253 e. The van der Waals surface area contributed by atoms with Crippen LogP contribution in [0.2, 0.25) is 5.02 Å². The number of carbonyl (C=O) groups is 1. The van der Waals surface area contributed by atoms with Crippen molar-refractivity contribution >= 4 is 17.5 Å². The number of hydrogen-bond acceptors (Lipinski definition) is 3. The van der Waals surface area contributed by atoms with Gasteiger partial charge in [-0.15, -0.1) is 0 Å². The van der Waals surface area contributed by atoms with Crippen molar-refractivity contribution in [2.75, 3.05) is 33.7 Å². The van der Waals surface area contributed by atoms with Gasteiger partial charge in [-0.05, 0) is 58.1 Å². The van der Waals surface area contributed by atoms with Gasteiger partial charge in [0.2, 0.25) is 0 Å². The van der Waals surface area contributed by atoms with Crippen molar-refractivity contribution in [3.63, 3.8) is 0 Å². The summed E-state index contributed by atoms with van der Waals surface area (Å²) in [6.07, 6.45) is 7.00. The van der Waals surface area contributed by atoms with E-state index in [1.54, 1.807) is 12.1 Å². The molecule has 0 spiro atoms. The summed E-state index contributed by atoms with van der Waals surface area (Å²) in [6, 6.07) is 7.19. The standard InChI is InChI=1S/C20H27ClN4O/c1-23(2)10-4-11-24-14-9-22-19(24)16-7-12-25(13-8-16)20(26)17-5-3-6-18(21)15-17/h3,5-6,9,14-16H,4,7-8,10-13H2,1-2H3. The van der Waals surface area contributed by atoms with Crippen LogP contribution in [0.5, 0.6) is 0 Å². The number of carbonyl (C=O) groups excluding carboxylic acids is 1. The summed E-state index contributed by atoms with van der Waals surface area (Å²) >= 11 is 6.01. The minimum absolute atomic E-state index is 0.0697. The van der Waals surface area contributed by atoms with E-state index in [0.717, 1.165) is 45.4 Å². The second-order valence-corrected chi connectivity index (χ2v) is 7.65. The largest absolute Gasteiger partial charge is 0.339 e. The van der Waals surface area contributed by atoms with Crippen LogP contribution in [0, 0.1) is 0 Å². The average molecular weight is 375 g/mol. The molecule has 26 heavy (non-hydrogen) atoms. The molecule has 1 amide bonds. The number of nitrogens with zero attached hydrogens (tertiary/aromatic N) is 4. The van der Waals surface area contributed by atoms with Gasteiger partial charge in [0, 0.05) is 48.5 Å². The summed E-state index contributed by atoms with van der Waals surface area (Å²) in [5.74, 6) is 1.66. The molecule has 6 heteroatoms. The lowest BCUT2D eigenvalue weighted by Crippen LogP contribution is -2.38. The summed E-state index contributed by atoms with van der Waals surface area (Å²) in [5.41, 5.74) is 0.668. The molecule has 0 saturated carbocycles. The molecule has 1 aromatic heterocycles. The number of imidazole rings is 1. The molecular weight excluding hydrogens is 348 g/mol. The van der Waals surface area contributed by atoms with E-state index in [2.05, 4.69) is 34.7 Å². The van der Waals surface area contributed by atoms with E-state index in [1.807, 2.05) is 23.2 Å². The van der Waals surface area contributed by atoms with Gasteiger partial charge in [0.15, 0.2) is 0 Å². The maximum atomic E-state index is 12.7. The number of rotatable bonds is 6. The lowest BCUT2D eigenvalue weighted by molar-refractivity contribution is 0.0710. The topological polar surface area (TPSA) is 41.4 Å². The molecule has 2 aromatic rings. The van der Waals surface area contributed by atoms with E-state index in [4.69, 9.17) is 11.6 Å². The van der Waals surface area contributed by atoms with E-state index in [9.17, 15) is 4.79 Å². The molecule has 1 fully saturated rings. The van der Waals surface area contributed by atoms with Crippen molar-refractivity contribution in [1.29, 1.82) is 0 Å². The molecule has 1 aliphatic rings. The number of likely N-dealkylation sites (tertiary alicyclic amines) is 1. The fourth-order valence-corrected chi connectivity index (χ4v) is 3.76. The lowest BCUT2D eigenvalue weighted by atomic mass is 9.95. The first-order chi connectivity index (χ1) is 12.5. The Bertz CT molecular complexity index is 735. The van der Waals surface area contributed by atoms with Crippen LogP contribution < -0.4 is 0 Å². The molecule has 140 valence electrons. The van der Waals surface area contributed by atoms with Crippen molar-refractivity contribution < 1.29 is 4.79 Å². The molecule has 2 heterocycles. The Morgan fingerprint density at radius 1 is 1.31 bits per heavy atom. The van der Waals surface area contributed by atoms with E-state index >= 15 is 0 Å². The maximum Gasteiger partial charge on any atom is 0.253 e. The third-order valence-corrected chi connectivity index (χ3v) is 5.21. The molecule has 0 aliphatic carbocycles. The second kappa shape index (κ2) is 8.69. The van der Waals surface area contributed by atoms with Gasteiger partial charge in [-0.1, -0.05) is 17.7 Å². The first-order valence-electron chi connectivity index (χ1n) is 9.25. The number of hydrogen-bond donors (Lipinski definition) is 0. The average Bonchev–Trinajstić information content (AvgIpc) is 3.09. The van der Waals surface area contributed by atoms with Crippen LogP contribution >= 0.6 is 11.6 Å². The van der Waals surface area contributed by atoms with Gasteiger partial charge in [0.1, 0.15) is 5.82 Å². The summed E-state index contributed by atoms with van der Waals surface area (Å²) in [5, 5.41) is 0.602. The molecule has 1 saturated heterocycles. The SMILES string of the molecule is CN(C)CCCn1ccnc1C1CCN(C(=O)c2cccc(Cl)c2)CC1. The van der Waals surface area contributed by atoms with E-state index in [1.165, 1.54) is 5.82 Å². The number of amides is 1. The monoisotopic (exact) mass is 374 g/mol. The number of halogens is 1. The zero-order chi connectivity index (χ0) is 18.5. The van der Waals surface area contributed by atoms with Crippen LogP contribution in [0.3, 0.4) is 0 Å². The van der Waals surface area contributed by atoms with Crippen LogP contribution in [0.15, 0.2) is 36.7 Å². The van der Waals surface area contributed by atoms with Gasteiger partial charge < -0.3 is 14.4 Å². The highest BCUT2D eigenvalue weighted by Gasteiger charge is 2.27. The molecule has 5 nitrogen and oxygen atoms in total. The molecule has 1 aliphatic heterocycles. The number of aromatic nitrogens is 2. The Labute approximate surface area is 160 Å². The molecule has 0 atom stereocenters. The zero-order valence-corrected chi connectivity index (χ0v) is 16.3. The maximum absolute atomic E-state index is 12.7. The molecule has 1 aromatic carbocycles. The molecule has 0 bridgehead atoms. The third-order valence-electron chi connectivity index (χ3n) is 4.97. The van der Waals surface area contributed by atoms with Crippen LogP contribution in [-0.4, -0.2) is 59.0 Å². The first-order valence-corrected chi connectivity index (χ1v) is 9.63. The van der Waals surface area contributed by atoms with Gasteiger partial charge in [0.05, 0.1) is 0 Å². The Morgan fingerprint density at radius 2 is 2.08 bits per heavy atom. The fraction of sp³-hybridized carbons (Fsp3) is 0.500. The van der Waals surface area contributed by atoms with Crippen molar-refractivity contribution in [1.82, 2.24) is 19.4 Å². The minimum atomic E-state index is 0.0697. The van der Waals surface area contributed by atoms with Crippen LogP contribution in [0.1, 0.15) is 41.4 Å². The van der Waals surface area contributed by atoms with E-state index in [-0.39, 0.29) is 5.91 Å². The predicted molar refractivity (Wildman–Crippen MR) is 105 cm³/mol. The third kappa shape index (κ3) is 4.65. The molecule has 3 rings (SSSR count). The summed E-state index contributed by atoms with van der Waals surface area (Å²) < 4.78 is 2.28. The molecule has 0 radical (unpaired) electrons. The number of benzene rings is 1. The molecule has 0 unspecified atom stereocenters. The van der Waals surface area contributed by atoms with Gasteiger partial charge in [0.25, 0.3) is 5.91 Å². The van der Waals surface area contributed by atoms with Crippen molar-refractivity contribution in [3.8, 4) is 0 Å². The van der Waals surface area contributed by atoms with Crippen LogP contribution in [-0.2, 0) is 6.54 Å². The van der Waals surface area contributed by atoms with Gasteiger partial charge in [-0.25, -0.2) is 4.98 Å². The first kappa shape index (κ1) is 18.9. The summed E-state index contributed by atoms with van der Waals surface area (Å²) in [6.45, 7) is 3.60. The number of aryl methyl sites for hydroxylation is 1. The summed E-state index contributed by atoms with van der Waals surface area (Å²) in [4.78, 5) is 21.4. The minimum Gasteiger partial charge on any atom is -0.339 e. The lowest BCUT2D eigenvalue weighted by Gasteiger charge is -2.32. The van der Waals surface area contributed by atoms with E-state index < -0.39 is 0 Å². The Balaban J connectivity index is 1.57. The Hall–Kier alpha value is -1.85. The Morgan fingerprint density at radius 3 is 2.77 bits per heavy atom. The van der Waals surface area contributed by atoms with Crippen LogP contribution in [0.25, 0.3) is 0 Å². The highest BCUT2D eigenvalue weighted by molar-refractivity contribution is 6.30. The molecular formula is C20H27ClN4O. The Kier molecular flexibility index (Phi) is 6.33. The molecule has 0 N–H and O–H groups in total. The summed E-state index contributed by atoms with van der Waals surface area (Å²) in [7, 11) is 4.20.